The standard InChI is InChI=1S/C17H27ClN2O4S/c1-16(2)9-11(10-17(3,4)20-16)19-25(21,22)15-8-13(23-5)12(18)7-14(15)24-6/h7-8,11,19-20H,9-10H2,1-6H3/p+1. The van der Waals surface area contributed by atoms with Gasteiger partial charge in [-0.25, -0.2) is 13.1 Å². The van der Waals surface area contributed by atoms with E-state index in [1.165, 1.54) is 26.4 Å². The van der Waals surface area contributed by atoms with Gasteiger partial charge in [-0.05, 0) is 27.7 Å². The Morgan fingerprint density at radius 3 is 2.08 bits per heavy atom. The Kier molecular flexibility index (Phi) is 5.64. The van der Waals surface area contributed by atoms with E-state index in [1.54, 1.807) is 0 Å². The van der Waals surface area contributed by atoms with Crippen molar-refractivity contribution in [2.24, 2.45) is 0 Å². The fourth-order valence-electron chi connectivity index (χ4n) is 3.93. The quantitative estimate of drug-likeness (QED) is 0.803. The first kappa shape index (κ1) is 20.3. The van der Waals surface area contributed by atoms with Crippen molar-refractivity contribution in [1.29, 1.82) is 0 Å². The third kappa shape index (κ3) is 4.78. The summed E-state index contributed by atoms with van der Waals surface area (Å²) in [7, 11) is -0.920. The molecule has 0 saturated carbocycles. The van der Waals surface area contributed by atoms with Gasteiger partial charge in [0.2, 0.25) is 10.0 Å². The van der Waals surface area contributed by atoms with E-state index in [2.05, 4.69) is 37.7 Å². The normalized spacial score (nSPS) is 20.3. The van der Waals surface area contributed by atoms with E-state index in [4.69, 9.17) is 21.1 Å². The lowest BCUT2D eigenvalue weighted by Crippen LogP contribution is -3.06. The van der Waals surface area contributed by atoms with Crippen molar-refractivity contribution in [3.8, 4) is 11.5 Å². The first-order valence-corrected chi connectivity index (χ1v) is 10.1. The highest BCUT2D eigenvalue weighted by atomic mass is 35.5. The van der Waals surface area contributed by atoms with Crippen LogP contribution in [0.25, 0.3) is 0 Å². The fraction of sp³-hybridized carbons (Fsp3) is 0.647. The van der Waals surface area contributed by atoms with Crippen molar-refractivity contribution >= 4 is 21.6 Å². The Hall–Kier alpha value is -1.02. The number of ether oxygens (including phenoxy) is 2. The zero-order chi connectivity index (χ0) is 19.0. The zero-order valence-electron chi connectivity index (χ0n) is 15.6. The minimum absolute atomic E-state index is 0.0291. The van der Waals surface area contributed by atoms with Gasteiger partial charge in [0.1, 0.15) is 16.4 Å². The van der Waals surface area contributed by atoms with E-state index in [1.807, 2.05) is 0 Å². The number of quaternary nitrogens is 1. The van der Waals surface area contributed by atoms with E-state index in [-0.39, 0.29) is 27.8 Å². The highest BCUT2D eigenvalue weighted by Crippen LogP contribution is 2.35. The van der Waals surface area contributed by atoms with Crippen LogP contribution in [0.5, 0.6) is 11.5 Å². The van der Waals surface area contributed by atoms with E-state index >= 15 is 0 Å². The highest BCUT2D eigenvalue weighted by Gasteiger charge is 2.43. The molecule has 25 heavy (non-hydrogen) atoms. The van der Waals surface area contributed by atoms with Gasteiger partial charge >= 0.3 is 0 Å². The Labute approximate surface area is 155 Å². The maximum Gasteiger partial charge on any atom is 0.244 e. The van der Waals surface area contributed by atoms with Crippen LogP contribution in [0, 0.1) is 0 Å². The predicted molar refractivity (Wildman–Crippen MR) is 98.0 cm³/mol. The molecule has 6 nitrogen and oxygen atoms in total. The van der Waals surface area contributed by atoms with Crippen molar-refractivity contribution in [3.05, 3.63) is 17.2 Å². The van der Waals surface area contributed by atoms with Crippen molar-refractivity contribution in [2.75, 3.05) is 14.2 Å². The minimum Gasteiger partial charge on any atom is -0.495 e. The molecule has 0 aliphatic carbocycles. The summed E-state index contributed by atoms with van der Waals surface area (Å²) in [6.45, 7) is 8.50. The van der Waals surface area contributed by atoms with Crippen LogP contribution in [0.1, 0.15) is 40.5 Å². The Morgan fingerprint density at radius 1 is 1.08 bits per heavy atom. The third-order valence-electron chi connectivity index (χ3n) is 4.38. The molecule has 0 spiro atoms. The van der Waals surface area contributed by atoms with Gasteiger partial charge in [0.25, 0.3) is 0 Å². The average Bonchev–Trinajstić information content (AvgIpc) is 2.42. The summed E-state index contributed by atoms with van der Waals surface area (Å²) in [4.78, 5) is 0.0291. The van der Waals surface area contributed by atoms with Gasteiger partial charge < -0.3 is 14.8 Å². The maximum atomic E-state index is 13.0. The van der Waals surface area contributed by atoms with Gasteiger partial charge in [0.15, 0.2) is 0 Å². The number of sulfonamides is 1. The number of nitrogens with two attached hydrogens (primary N) is 1. The number of nitrogens with one attached hydrogen (secondary N) is 1. The van der Waals surface area contributed by atoms with Gasteiger partial charge in [0, 0.05) is 31.0 Å². The van der Waals surface area contributed by atoms with Gasteiger partial charge in [0.05, 0.1) is 30.3 Å². The van der Waals surface area contributed by atoms with Crippen molar-refractivity contribution < 1.29 is 23.2 Å². The Morgan fingerprint density at radius 2 is 1.60 bits per heavy atom. The molecule has 1 fully saturated rings. The first-order valence-electron chi connectivity index (χ1n) is 8.20. The van der Waals surface area contributed by atoms with Crippen molar-refractivity contribution in [2.45, 2.75) is 62.6 Å². The summed E-state index contributed by atoms with van der Waals surface area (Å²) in [6, 6.07) is 2.69. The maximum absolute atomic E-state index is 13.0. The fourth-order valence-corrected chi connectivity index (χ4v) is 5.56. The number of piperidine rings is 1. The Balaban J connectivity index is 2.36. The molecule has 0 radical (unpaired) electrons. The molecule has 0 unspecified atom stereocenters. The van der Waals surface area contributed by atoms with Gasteiger partial charge in [-0.15, -0.1) is 0 Å². The van der Waals surface area contributed by atoms with Crippen LogP contribution in [0.2, 0.25) is 5.02 Å². The molecule has 1 aliphatic heterocycles. The molecule has 3 N–H and O–H groups in total. The zero-order valence-corrected chi connectivity index (χ0v) is 17.2. The molecule has 0 atom stereocenters. The molecular formula is C17H28ClN2O4S+. The summed E-state index contributed by atoms with van der Waals surface area (Å²) in [6.07, 6.45) is 1.48. The molecule has 1 aromatic carbocycles. The van der Waals surface area contributed by atoms with Crippen LogP contribution in [-0.4, -0.2) is 39.8 Å². The molecule has 1 aromatic rings. The lowest BCUT2D eigenvalue weighted by atomic mass is 9.80. The van der Waals surface area contributed by atoms with E-state index in [0.717, 1.165) is 12.8 Å². The van der Waals surface area contributed by atoms with Crippen LogP contribution >= 0.6 is 11.6 Å². The van der Waals surface area contributed by atoms with E-state index in [9.17, 15) is 8.42 Å². The lowest BCUT2D eigenvalue weighted by molar-refractivity contribution is -0.787. The van der Waals surface area contributed by atoms with E-state index in [0.29, 0.717) is 10.8 Å². The summed E-state index contributed by atoms with van der Waals surface area (Å²) in [5, 5.41) is 2.60. The molecule has 2 rings (SSSR count). The number of benzene rings is 1. The number of rotatable bonds is 5. The van der Waals surface area contributed by atoms with Crippen LogP contribution in [-0.2, 0) is 10.0 Å². The Bertz CT molecular complexity index is 731. The first-order chi connectivity index (χ1) is 11.4. The summed E-state index contributed by atoms with van der Waals surface area (Å²) >= 11 is 6.07. The molecule has 1 heterocycles. The summed E-state index contributed by atoms with van der Waals surface area (Å²) < 4.78 is 39.2. The molecule has 142 valence electrons. The van der Waals surface area contributed by atoms with Gasteiger partial charge in [-0.1, -0.05) is 11.6 Å². The topological polar surface area (TPSA) is 81.2 Å². The van der Waals surface area contributed by atoms with E-state index < -0.39 is 10.0 Å². The summed E-state index contributed by atoms with van der Waals surface area (Å²) in [5.41, 5.74) is -0.0899. The van der Waals surface area contributed by atoms with Gasteiger partial charge in [-0.3, -0.25) is 0 Å². The SMILES string of the molecule is COc1cc(S(=O)(=O)NC2CC(C)(C)[NH2+]C(C)(C)C2)c(OC)cc1Cl. The average molecular weight is 392 g/mol. The highest BCUT2D eigenvalue weighted by molar-refractivity contribution is 7.89. The molecule has 8 heteroatoms. The summed E-state index contributed by atoms with van der Waals surface area (Å²) in [5.74, 6) is 0.486. The molecule has 0 bridgehead atoms. The predicted octanol–water partition coefficient (Wildman–Crippen LogP) is 1.92. The number of methoxy groups -OCH3 is 2. The molecule has 0 amide bonds. The molecule has 0 aromatic heterocycles. The van der Waals surface area contributed by atoms with Crippen molar-refractivity contribution in [1.82, 2.24) is 4.72 Å². The molecule has 1 aliphatic rings. The molecule has 1 saturated heterocycles. The number of halogens is 1. The second-order valence-corrected chi connectivity index (χ2v) is 10.1. The van der Waals surface area contributed by atoms with Crippen LogP contribution in [0.15, 0.2) is 17.0 Å². The second-order valence-electron chi connectivity index (χ2n) is 7.99. The minimum atomic E-state index is -3.78. The van der Waals surface area contributed by atoms with Crippen LogP contribution in [0.3, 0.4) is 0 Å². The smallest absolute Gasteiger partial charge is 0.244 e. The second kappa shape index (κ2) is 6.95. The number of hydrogen-bond acceptors (Lipinski definition) is 4. The largest absolute Gasteiger partial charge is 0.495 e. The van der Waals surface area contributed by atoms with Crippen LogP contribution in [0.4, 0.5) is 0 Å². The third-order valence-corrected chi connectivity index (χ3v) is 6.21. The number of hydrogen-bond donors (Lipinski definition) is 2. The van der Waals surface area contributed by atoms with Crippen LogP contribution < -0.4 is 19.5 Å². The lowest BCUT2D eigenvalue weighted by Gasteiger charge is -2.43. The monoisotopic (exact) mass is 391 g/mol. The van der Waals surface area contributed by atoms with Crippen molar-refractivity contribution in [3.63, 3.8) is 0 Å². The molecular weight excluding hydrogens is 364 g/mol. The van der Waals surface area contributed by atoms with Gasteiger partial charge in [-0.2, -0.15) is 0 Å².